The molecule has 0 atom stereocenters. The van der Waals surface area contributed by atoms with E-state index >= 15 is 0 Å². The molecule has 19 heavy (non-hydrogen) atoms. The van der Waals surface area contributed by atoms with Crippen LogP contribution in [0.15, 0.2) is 18.2 Å². The molecule has 0 aliphatic heterocycles. The third-order valence-corrected chi connectivity index (χ3v) is 4.01. The maximum Gasteiger partial charge on any atom is 0.159 e. The van der Waals surface area contributed by atoms with E-state index in [9.17, 15) is 8.78 Å². The van der Waals surface area contributed by atoms with E-state index in [2.05, 4.69) is 15.5 Å². The van der Waals surface area contributed by atoms with E-state index in [-0.39, 0.29) is 0 Å². The second kappa shape index (κ2) is 5.30. The van der Waals surface area contributed by atoms with Crippen LogP contribution in [-0.4, -0.2) is 22.8 Å². The van der Waals surface area contributed by atoms with Crippen molar-refractivity contribution in [2.24, 2.45) is 0 Å². The topological polar surface area (TPSA) is 37.8 Å². The number of halogens is 2. The highest BCUT2D eigenvalue weighted by molar-refractivity contribution is 7.14. The first-order valence-corrected chi connectivity index (χ1v) is 7.05. The molecule has 1 fully saturated rings. The predicted octanol–water partition coefficient (Wildman–Crippen LogP) is 2.78. The lowest BCUT2D eigenvalue weighted by molar-refractivity contribution is 0.509. The first-order chi connectivity index (χ1) is 9.22. The van der Waals surface area contributed by atoms with Crippen molar-refractivity contribution in [3.8, 4) is 10.6 Å². The summed E-state index contributed by atoms with van der Waals surface area (Å²) in [6, 6.07) is 4.46. The number of benzene rings is 1. The van der Waals surface area contributed by atoms with Crippen LogP contribution in [0.25, 0.3) is 10.6 Å². The van der Waals surface area contributed by atoms with Gasteiger partial charge in [-0.15, -0.1) is 10.2 Å². The smallest absolute Gasteiger partial charge is 0.159 e. The molecular formula is C13H13F2N3S. The number of nitrogens with one attached hydrogen (secondary N) is 1. The summed E-state index contributed by atoms with van der Waals surface area (Å²) < 4.78 is 26.0. The summed E-state index contributed by atoms with van der Waals surface area (Å²) in [7, 11) is 0. The highest BCUT2D eigenvalue weighted by Gasteiger charge is 2.20. The number of hydrogen-bond acceptors (Lipinski definition) is 4. The van der Waals surface area contributed by atoms with Gasteiger partial charge < -0.3 is 5.32 Å². The molecule has 3 nitrogen and oxygen atoms in total. The number of rotatable bonds is 5. The van der Waals surface area contributed by atoms with E-state index < -0.39 is 11.6 Å². The highest BCUT2D eigenvalue weighted by atomic mass is 32.1. The Morgan fingerprint density at radius 1 is 1.21 bits per heavy atom. The van der Waals surface area contributed by atoms with Crippen molar-refractivity contribution in [2.45, 2.75) is 25.3 Å². The summed E-state index contributed by atoms with van der Waals surface area (Å²) in [5.41, 5.74) is 0.567. The van der Waals surface area contributed by atoms with Gasteiger partial charge in [0.1, 0.15) is 10.0 Å². The van der Waals surface area contributed by atoms with E-state index in [4.69, 9.17) is 0 Å². The minimum atomic E-state index is -0.857. The molecule has 1 N–H and O–H groups in total. The molecule has 0 saturated heterocycles. The summed E-state index contributed by atoms with van der Waals surface area (Å²) in [4.78, 5) is 0. The highest BCUT2D eigenvalue weighted by Crippen LogP contribution is 2.25. The van der Waals surface area contributed by atoms with Gasteiger partial charge in [0.2, 0.25) is 0 Å². The summed E-state index contributed by atoms with van der Waals surface area (Å²) in [5.74, 6) is -1.70. The maximum absolute atomic E-state index is 13.1. The van der Waals surface area contributed by atoms with Crippen molar-refractivity contribution in [1.82, 2.24) is 15.5 Å². The molecule has 6 heteroatoms. The summed E-state index contributed by atoms with van der Waals surface area (Å²) in [6.45, 7) is 0.886. The van der Waals surface area contributed by atoms with Crippen LogP contribution in [0, 0.1) is 11.6 Å². The third kappa shape index (κ3) is 3.13. The Balaban J connectivity index is 1.67. The van der Waals surface area contributed by atoms with Gasteiger partial charge in [0, 0.05) is 24.6 Å². The van der Waals surface area contributed by atoms with Gasteiger partial charge in [-0.05, 0) is 31.0 Å². The van der Waals surface area contributed by atoms with Crippen molar-refractivity contribution in [1.29, 1.82) is 0 Å². The number of nitrogens with zero attached hydrogens (tertiary/aromatic N) is 2. The van der Waals surface area contributed by atoms with E-state index in [0.29, 0.717) is 16.6 Å². The van der Waals surface area contributed by atoms with Crippen LogP contribution in [0.1, 0.15) is 17.8 Å². The van der Waals surface area contributed by atoms with Gasteiger partial charge in [-0.1, -0.05) is 11.3 Å². The molecule has 0 bridgehead atoms. The molecule has 2 aromatic rings. The summed E-state index contributed by atoms with van der Waals surface area (Å²) in [6.07, 6.45) is 3.34. The van der Waals surface area contributed by atoms with Crippen LogP contribution < -0.4 is 5.32 Å². The van der Waals surface area contributed by atoms with E-state index in [1.807, 2.05) is 0 Å². The summed E-state index contributed by atoms with van der Waals surface area (Å²) in [5, 5.41) is 13.0. The molecule has 1 aromatic carbocycles. The second-order valence-electron chi connectivity index (χ2n) is 4.61. The Morgan fingerprint density at radius 2 is 2.05 bits per heavy atom. The van der Waals surface area contributed by atoms with Crippen molar-refractivity contribution < 1.29 is 8.78 Å². The zero-order valence-corrected chi connectivity index (χ0v) is 11.0. The molecule has 0 spiro atoms. The lowest BCUT2D eigenvalue weighted by Gasteiger charge is -1.98. The minimum Gasteiger partial charge on any atom is -0.314 e. The predicted molar refractivity (Wildman–Crippen MR) is 70.0 cm³/mol. The second-order valence-corrected chi connectivity index (χ2v) is 5.67. The SMILES string of the molecule is Fc1ccc(-c2nnc(CCNC3CC3)s2)cc1F. The van der Waals surface area contributed by atoms with Crippen molar-refractivity contribution in [3.05, 3.63) is 34.8 Å². The Labute approximate surface area is 113 Å². The normalized spacial score (nSPS) is 14.8. The lowest BCUT2D eigenvalue weighted by atomic mass is 10.2. The molecule has 1 aliphatic rings. The molecule has 3 rings (SSSR count). The number of aromatic nitrogens is 2. The first-order valence-electron chi connectivity index (χ1n) is 6.23. The van der Waals surface area contributed by atoms with Gasteiger partial charge in [0.05, 0.1) is 0 Å². The largest absolute Gasteiger partial charge is 0.314 e. The van der Waals surface area contributed by atoms with Gasteiger partial charge in [-0.25, -0.2) is 8.78 Å². The molecular weight excluding hydrogens is 268 g/mol. The standard InChI is InChI=1S/C13H13F2N3S/c14-10-4-1-8(7-11(10)15)13-18-17-12(19-13)5-6-16-9-2-3-9/h1,4,7,9,16H,2-3,5-6H2. The quantitative estimate of drug-likeness (QED) is 0.915. The average molecular weight is 281 g/mol. The Morgan fingerprint density at radius 3 is 2.79 bits per heavy atom. The Hall–Kier alpha value is -1.40. The molecule has 0 amide bonds. The van der Waals surface area contributed by atoms with Crippen LogP contribution in [0.3, 0.4) is 0 Å². The molecule has 0 radical (unpaired) electrons. The van der Waals surface area contributed by atoms with Gasteiger partial charge >= 0.3 is 0 Å². The fourth-order valence-electron chi connectivity index (χ4n) is 1.77. The molecule has 100 valence electrons. The van der Waals surface area contributed by atoms with Gasteiger partial charge in [0.15, 0.2) is 11.6 Å². The lowest BCUT2D eigenvalue weighted by Crippen LogP contribution is -2.19. The van der Waals surface area contributed by atoms with Crippen LogP contribution in [-0.2, 0) is 6.42 Å². The molecule has 1 aromatic heterocycles. The van der Waals surface area contributed by atoms with Crippen molar-refractivity contribution >= 4 is 11.3 Å². The van der Waals surface area contributed by atoms with Crippen LogP contribution in [0.5, 0.6) is 0 Å². The van der Waals surface area contributed by atoms with Gasteiger partial charge in [-0.3, -0.25) is 0 Å². The first kappa shape index (κ1) is 12.6. The monoisotopic (exact) mass is 281 g/mol. The third-order valence-electron chi connectivity index (χ3n) is 2.98. The minimum absolute atomic E-state index is 0.567. The number of hydrogen-bond donors (Lipinski definition) is 1. The average Bonchev–Trinajstić information content (AvgIpc) is 3.10. The van der Waals surface area contributed by atoms with E-state index in [1.54, 1.807) is 0 Å². The van der Waals surface area contributed by atoms with E-state index in [1.165, 1.54) is 30.2 Å². The van der Waals surface area contributed by atoms with Gasteiger partial charge in [0.25, 0.3) is 0 Å². The zero-order valence-electron chi connectivity index (χ0n) is 10.2. The van der Waals surface area contributed by atoms with Crippen molar-refractivity contribution in [3.63, 3.8) is 0 Å². The fourth-order valence-corrected chi connectivity index (χ4v) is 2.61. The van der Waals surface area contributed by atoms with Crippen LogP contribution in [0.2, 0.25) is 0 Å². The Kier molecular flexibility index (Phi) is 3.52. The summed E-state index contributed by atoms with van der Waals surface area (Å²) >= 11 is 1.42. The molecule has 1 saturated carbocycles. The van der Waals surface area contributed by atoms with Crippen LogP contribution in [0.4, 0.5) is 8.78 Å². The van der Waals surface area contributed by atoms with E-state index in [0.717, 1.165) is 30.1 Å². The van der Waals surface area contributed by atoms with Crippen LogP contribution >= 0.6 is 11.3 Å². The molecule has 1 aliphatic carbocycles. The Bertz CT molecular complexity index is 581. The molecule has 1 heterocycles. The van der Waals surface area contributed by atoms with Crippen molar-refractivity contribution in [2.75, 3.05) is 6.54 Å². The van der Waals surface area contributed by atoms with Gasteiger partial charge in [-0.2, -0.15) is 0 Å². The zero-order chi connectivity index (χ0) is 13.2. The molecule has 0 unspecified atom stereocenters. The fraction of sp³-hybridized carbons (Fsp3) is 0.385. The maximum atomic E-state index is 13.1.